The van der Waals surface area contributed by atoms with Gasteiger partial charge in [-0.2, -0.15) is 0 Å². The molecule has 0 unspecified atom stereocenters. The van der Waals surface area contributed by atoms with Crippen molar-refractivity contribution >= 4 is 5.91 Å². The molecule has 2 nitrogen and oxygen atoms in total. The maximum Gasteiger partial charge on any atom is 0.243 e. The fraction of sp³-hybridized carbons (Fsp3) is 0.348. The Morgan fingerprint density at radius 1 is 1.04 bits per heavy atom. The molecule has 0 spiro atoms. The first-order valence-corrected chi connectivity index (χ1v) is 8.96. The van der Waals surface area contributed by atoms with Crippen LogP contribution in [0.25, 0.3) is 0 Å². The van der Waals surface area contributed by atoms with E-state index in [1.54, 1.807) is 12.2 Å². The van der Waals surface area contributed by atoms with Crippen LogP contribution in [0.1, 0.15) is 38.7 Å². The van der Waals surface area contributed by atoms with Crippen LogP contribution in [0, 0.1) is 17.8 Å². The van der Waals surface area contributed by atoms with E-state index in [1.165, 1.54) is 5.56 Å². The highest BCUT2D eigenvalue weighted by Gasteiger charge is 1.95. The largest absolute Gasteiger partial charge is 0.352 e. The van der Waals surface area contributed by atoms with Gasteiger partial charge in [0.1, 0.15) is 0 Å². The van der Waals surface area contributed by atoms with Gasteiger partial charge in [-0.1, -0.05) is 74.6 Å². The van der Waals surface area contributed by atoms with Crippen LogP contribution in [-0.2, 0) is 11.2 Å². The minimum absolute atomic E-state index is 0.0480. The molecule has 1 aromatic carbocycles. The van der Waals surface area contributed by atoms with Crippen molar-refractivity contribution in [1.82, 2.24) is 5.32 Å². The third-order valence-corrected chi connectivity index (χ3v) is 3.34. The molecule has 0 saturated carbocycles. The molecule has 25 heavy (non-hydrogen) atoms. The monoisotopic (exact) mass is 335 g/mol. The number of carbonyl (C=O) groups is 1. The molecule has 0 aliphatic heterocycles. The Kier molecular flexibility index (Phi) is 11.4. The molecule has 0 aliphatic carbocycles. The molecule has 0 heterocycles. The lowest BCUT2D eigenvalue weighted by Gasteiger charge is -2.03. The average Bonchev–Trinajstić information content (AvgIpc) is 2.61. The molecule has 1 amide bonds. The van der Waals surface area contributed by atoms with E-state index in [-0.39, 0.29) is 5.91 Å². The van der Waals surface area contributed by atoms with Crippen LogP contribution in [0.2, 0.25) is 0 Å². The van der Waals surface area contributed by atoms with Crippen LogP contribution in [0.3, 0.4) is 0 Å². The first kappa shape index (κ1) is 20.5. The van der Waals surface area contributed by atoms with Gasteiger partial charge in [-0.25, -0.2) is 0 Å². The highest BCUT2D eigenvalue weighted by molar-refractivity contribution is 5.87. The van der Waals surface area contributed by atoms with Crippen molar-refractivity contribution in [2.75, 3.05) is 6.54 Å². The Hall–Kier alpha value is -2.53. The SMILES string of the molecule is CC(C)CNC(=O)/C=C/C=C/C=CCCC#CCCc1ccccc1. The summed E-state index contributed by atoms with van der Waals surface area (Å²) in [5.41, 5.74) is 1.34. The van der Waals surface area contributed by atoms with E-state index in [9.17, 15) is 4.79 Å². The highest BCUT2D eigenvalue weighted by atomic mass is 16.1. The number of hydrogen-bond acceptors (Lipinski definition) is 1. The zero-order chi connectivity index (χ0) is 18.2. The third-order valence-electron chi connectivity index (χ3n) is 3.34. The first-order valence-electron chi connectivity index (χ1n) is 8.96. The van der Waals surface area contributed by atoms with Crippen LogP contribution in [0.4, 0.5) is 0 Å². The maximum absolute atomic E-state index is 11.4. The smallest absolute Gasteiger partial charge is 0.243 e. The average molecular weight is 335 g/mol. The van der Waals surface area contributed by atoms with Gasteiger partial charge in [0.25, 0.3) is 0 Å². The predicted molar refractivity (Wildman–Crippen MR) is 107 cm³/mol. The summed E-state index contributed by atoms with van der Waals surface area (Å²) in [5, 5.41) is 2.84. The normalized spacial score (nSPS) is 11.3. The number of benzene rings is 1. The summed E-state index contributed by atoms with van der Waals surface area (Å²) in [6, 6.07) is 10.4. The molecule has 0 radical (unpaired) electrons. The Bertz CT molecular complexity index is 627. The molecular formula is C23H29NO. The van der Waals surface area contributed by atoms with E-state index >= 15 is 0 Å². The van der Waals surface area contributed by atoms with Gasteiger partial charge in [-0.05, 0) is 24.3 Å². The number of rotatable bonds is 9. The van der Waals surface area contributed by atoms with Gasteiger partial charge in [-0.15, -0.1) is 11.8 Å². The van der Waals surface area contributed by atoms with E-state index in [4.69, 9.17) is 0 Å². The number of hydrogen-bond donors (Lipinski definition) is 1. The van der Waals surface area contributed by atoms with Crippen LogP contribution in [-0.4, -0.2) is 12.5 Å². The third kappa shape index (κ3) is 12.5. The second-order valence-corrected chi connectivity index (χ2v) is 6.19. The lowest BCUT2D eigenvalue weighted by atomic mass is 10.1. The van der Waals surface area contributed by atoms with Gasteiger partial charge in [0.15, 0.2) is 0 Å². The molecule has 0 aliphatic rings. The zero-order valence-corrected chi connectivity index (χ0v) is 15.4. The van der Waals surface area contributed by atoms with E-state index in [0.717, 1.165) is 25.7 Å². The van der Waals surface area contributed by atoms with Crippen molar-refractivity contribution in [2.24, 2.45) is 5.92 Å². The summed E-state index contributed by atoms with van der Waals surface area (Å²) < 4.78 is 0. The lowest BCUT2D eigenvalue weighted by Crippen LogP contribution is -2.25. The molecule has 2 heteroatoms. The van der Waals surface area contributed by atoms with Gasteiger partial charge in [-0.3, -0.25) is 4.79 Å². The van der Waals surface area contributed by atoms with Crippen molar-refractivity contribution < 1.29 is 4.79 Å². The van der Waals surface area contributed by atoms with Crippen LogP contribution in [0.5, 0.6) is 0 Å². The second kappa shape index (κ2) is 13.9. The maximum atomic E-state index is 11.4. The summed E-state index contributed by atoms with van der Waals surface area (Å²) in [4.78, 5) is 11.4. The Labute approximate surface area is 152 Å². The zero-order valence-electron chi connectivity index (χ0n) is 15.4. The first-order chi connectivity index (χ1) is 12.2. The summed E-state index contributed by atoms with van der Waals surface area (Å²) in [7, 11) is 0. The van der Waals surface area contributed by atoms with Crippen LogP contribution in [0.15, 0.2) is 66.8 Å². The van der Waals surface area contributed by atoms with E-state index in [2.05, 4.69) is 61.3 Å². The van der Waals surface area contributed by atoms with Gasteiger partial charge in [0, 0.05) is 25.5 Å². The molecule has 0 aromatic heterocycles. The van der Waals surface area contributed by atoms with Gasteiger partial charge < -0.3 is 5.32 Å². The van der Waals surface area contributed by atoms with Crippen LogP contribution < -0.4 is 5.32 Å². The number of allylic oxidation sites excluding steroid dienone is 5. The number of aryl methyl sites for hydroxylation is 1. The van der Waals surface area contributed by atoms with Crippen molar-refractivity contribution in [3.05, 3.63) is 72.4 Å². The fourth-order valence-corrected chi connectivity index (χ4v) is 1.99. The van der Waals surface area contributed by atoms with E-state index in [0.29, 0.717) is 12.5 Å². The molecule has 1 aromatic rings. The molecule has 132 valence electrons. The summed E-state index contributed by atoms with van der Waals surface area (Å²) in [5.74, 6) is 6.84. The molecule has 0 fully saturated rings. The van der Waals surface area contributed by atoms with Gasteiger partial charge in [0.05, 0.1) is 0 Å². The summed E-state index contributed by atoms with van der Waals surface area (Å²) in [6.45, 7) is 4.85. The molecule has 1 N–H and O–H groups in total. The molecule has 0 bridgehead atoms. The molecule has 1 rings (SSSR count). The van der Waals surface area contributed by atoms with Gasteiger partial charge in [0.2, 0.25) is 5.91 Å². The Morgan fingerprint density at radius 3 is 2.52 bits per heavy atom. The summed E-state index contributed by atoms with van der Waals surface area (Å²) >= 11 is 0. The summed E-state index contributed by atoms with van der Waals surface area (Å²) in [6.07, 6.45) is 14.9. The fourth-order valence-electron chi connectivity index (χ4n) is 1.99. The van der Waals surface area contributed by atoms with Crippen molar-refractivity contribution in [3.63, 3.8) is 0 Å². The minimum Gasteiger partial charge on any atom is -0.352 e. The lowest BCUT2D eigenvalue weighted by molar-refractivity contribution is -0.116. The number of nitrogens with one attached hydrogen (secondary N) is 1. The predicted octanol–water partition coefficient (Wildman–Crippen LogP) is 4.84. The number of unbranched alkanes of at least 4 members (excludes halogenated alkanes) is 1. The Balaban J connectivity index is 2.08. The minimum atomic E-state index is -0.0480. The highest BCUT2D eigenvalue weighted by Crippen LogP contribution is 2.01. The van der Waals surface area contributed by atoms with Crippen molar-refractivity contribution in [2.45, 2.75) is 39.5 Å². The van der Waals surface area contributed by atoms with Crippen LogP contribution >= 0.6 is 0 Å². The quantitative estimate of drug-likeness (QED) is 0.297. The van der Waals surface area contributed by atoms with Gasteiger partial charge >= 0.3 is 0 Å². The van der Waals surface area contributed by atoms with Crippen molar-refractivity contribution in [1.29, 1.82) is 0 Å². The van der Waals surface area contributed by atoms with E-state index in [1.807, 2.05) is 24.3 Å². The number of carbonyl (C=O) groups excluding carboxylic acids is 1. The number of amides is 1. The molecule has 0 atom stereocenters. The molecule has 0 saturated heterocycles. The topological polar surface area (TPSA) is 29.1 Å². The second-order valence-electron chi connectivity index (χ2n) is 6.19. The van der Waals surface area contributed by atoms with Crippen molar-refractivity contribution in [3.8, 4) is 11.8 Å². The van der Waals surface area contributed by atoms with E-state index < -0.39 is 0 Å². The standard InChI is InChI=1S/C23H29NO/c1-21(2)20-24-23(25)19-15-10-8-6-4-3-5-7-9-12-16-22-17-13-11-14-18-22/h4,6,8,10-11,13-15,17-19,21H,3,5,12,16,20H2,1-2H3,(H,24,25)/b6-4?,10-8+,19-15+. The molecular weight excluding hydrogens is 306 g/mol. The Morgan fingerprint density at radius 2 is 1.76 bits per heavy atom.